The first-order valence-corrected chi connectivity index (χ1v) is 12.0. The molecule has 0 spiro atoms. The highest BCUT2D eigenvalue weighted by atomic mass is 32.2. The third-order valence-electron chi connectivity index (χ3n) is 6.28. The van der Waals surface area contributed by atoms with Crippen LogP contribution in [-0.2, 0) is 14.6 Å². The van der Waals surface area contributed by atoms with E-state index in [9.17, 15) is 8.42 Å². The highest BCUT2D eigenvalue weighted by Crippen LogP contribution is 2.31. The topological polar surface area (TPSA) is 71.0 Å². The number of ether oxygens (including phenoxy) is 1. The number of rotatable bonds is 5. The number of aliphatic imine (C=N–C) groups is 1. The maximum atomic E-state index is 11.7. The van der Waals surface area contributed by atoms with E-state index in [2.05, 4.69) is 17.1 Å². The van der Waals surface area contributed by atoms with E-state index in [0.29, 0.717) is 24.1 Å². The van der Waals surface area contributed by atoms with Gasteiger partial charge in [0.05, 0.1) is 18.1 Å². The Morgan fingerprint density at radius 1 is 1.23 bits per heavy atom. The van der Waals surface area contributed by atoms with Gasteiger partial charge in [0.2, 0.25) is 0 Å². The van der Waals surface area contributed by atoms with Crippen LogP contribution in [0.4, 0.5) is 0 Å². The molecule has 150 valence electrons. The minimum atomic E-state index is -2.83. The van der Waals surface area contributed by atoms with Crippen molar-refractivity contribution in [2.45, 2.75) is 57.9 Å². The summed E-state index contributed by atoms with van der Waals surface area (Å²) in [5, 5.41) is 3.68. The summed E-state index contributed by atoms with van der Waals surface area (Å²) in [6.45, 7) is 5.71. The van der Waals surface area contributed by atoms with Crippen LogP contribution in [0.3, 0.4) is 0 Å². The van der Waals surface area contributed by atoms with Gasteiger partial charge in [-0.05, 0) is 43.4 Å². The number of methoxy groups -OCH3 is 1. The van der Waals surface area contributed by atoms with Crippen LogP contribution < -0.4 is 5.32 Å². The Bertz CT molecular complexity index is 591. The highest BCUT2D eigenvalue weighted by molar-refractivity contribution is 7.91. The molecule has 0 amide bonds. The van der Waals surface area contributed by atoms with E-state index in [1.807, 2.05) is 0 Å². The van der Waals surface area contributed by atoms with E-state index >= 15 is 0 Å². The molecule has 1 atom stereocenters. The Balaban J connectivity index is 1.62. The van der Waals surface area contributed by atoms with Gasteiger partial charge in [0.1, 0.15) is 0 Å². The standard InChI is InChI=1S/C19H35N3O3S/c1-19(15-25-2)8-10-22(11-9-19)18(21-17-5-3-4-6-17)20-13-16-7-12-26(23,24)14-16/h16-17H,3-15H2,1-2H3,(H,20,21). The molecule has 0 bridgehead atoms. The van der Waals surface area contributed by atoms with Crippen molar-refractivity contribution < 1.29 is 13.2 Å². The molecule has 1 saturated carbocycles. The van der Waals surface area contributed by atoms with Gasteiger partial charge in [-0.2, -0.15) is 0 Å². The van der Waals surface area contributed by atoms with Gasteiger partial charge in [-0.1, -0.05) is 19.8 Å². The Kier molecular flexibility index (Phi) is 6.49. The highest BCUT2D eigenvalue weighted by Gasteiger charge is 2.33. The van der Waals surface area contributed by atoms with Crippen molar-refractivity contribution in [1.29, 1.82) is 0 Å². The number of hydrogen-bond donors (Lipinski definition) is 1. The minimum Gasteiger partial charge on any atom is -0.384 e. The summed E-state index contributed by atoms with van der Waals surface area (Å²) in [7, 11) is -1.05. The first kappa shape index (κ1) is 19.9. The lowest BCUT2D eigenvalue weighted by Crippen LogP contribution is -2.50. The molecule has 26 heavy (non-hydrogen) atoms. The smallest absolute Gasteiger partial charge is 0.194 e. The quantitative estimate of drug-likeness (QED) is 0.579. The summed E-state index contributed by atoms with van der Waals surface area (Å²) in [6.07, 6.45) is 7.97. The molecule has 0 radical (unpaired) electrons. The fourth-order valence-corrected chi connectivity index (χ4v) is 6.32. The Morgan fingerprint density at radius 3 is 2.50 bits per heavy atom. The van der Waals surface area contributed by atoms with E-state index in [1.54, 1.807) is 7.11 Å². The second-order valence-electron chi connectivity index (χ2n) is 8.79. The monoisotopic (exact) mass is 385 g/mol. The molecule has 1 aliphatic carbocycles. The van der Waals surface area contributed by atoms with E-state index in [1.165, 1.54) is 25.7 Å². The largest absolute Gasteiger partial charge is 0.384 e. The lowest BCUT2D eigenvalue weighted by atomic mass is 9.81. The van der Waals surface area contributed by atoms with Crippen molar-refractivity contribution >= 4 is 15.8 Å². The summed E-state index contributed by atoms with van der Waals surface area (Å²) < 4.78 is 28.8. The molecule has 2 aliphatic heterocycles. The van der Waals surface area contributed by atoms with Gasteiger partial charge < -0.3 is 15.0 Å². The second-order valence-corrected chi connectivity index (χ2v) is 11.0. The lowest BCUT2D eigenvalue weighted by Gasteiger charge is -2.40. The van der Waals surface area contributed by atoms with Crippen molar-refractivity contribution in [3.8, 4) is 0 Å². The molecule has 6 nitrogen and oxygen atoms in total. The van der Waals surface area contributed by atoms with Crippen molar-refractivity contribution in [2.75, 3.05) is 44.9 Å². The summed E-state index contributed by atoms with van der Waals surface area (Å²) >= 11 is 0. The van der Waals surface area contributed by atoms with Crippen LogP contribution in [-0.4, -0.2) is 70.2 Å². The van der Waals surface area contributed by atoms with Crippen LogP contribution in [0.15, 0.2) is 4.99 Å². The van der Waals surface area contributed by atoms with Crippen LogP contribution in [0, 0.1) is 11.3 Å². The first-order valence-electron chi connectivity index (χ1n) is 10.1. The zero-order valence-corrected chi connectivity index (χ0v) is 17.2. The maximum Gasteiger partial charge on any atom is 0.194 e. The third-order valence-corrected chi connectivity index (χ3v) is 8.11. The average Bonchev–Trinajstić information content (AvgIpc) is 3.21. The van der Waals surface area contributed by atoms with Crippen molar-refractivity contribution in [3.05, 3.63) is 0 Å². The number of nitrogens with zero attached hydrogens (tertiary/aromatic N) is 2. The maximum absolute atomic E-state index is 11.7. The molecule has 1 N–H and O–H groups in total. The zero-order valence-electron chi connectivity index (χ0n) is 16.4. The van der Waals surface area contributed by atoms with Crippen LogP contribution in [0.2, 0.25) is 0 Å². The molecule has 3 rings (SSSR count). The fourth-order valence-electron chi connectivity index (χ4n) is 4.47. The van der Waals surface area contributed by atoms with E-state index in [4.69, 9.17) is 9.73 Å². The first-order chi connectivity index (χ1) is 12.4. The van der Waals surface area contributed by atoms with E-state index in [-0.39, 0.29) is 11.3 Å². The van der Waals surface area contributed by atoms with Crippen LogP contribution in [0.5, 0.6) is 0 Å². The molecule has 0 aromatic rings. The molecular weight excluding hydrogens is 350 g/mol. The predicted molar refractivity (Wildman–Crippen MR) is 105 cm³/mol. The Morgan fingerprint density at radius 2 is 1.92 bits per heavy atom. The third kappa shape index (κ3) is 5.35. The fraction of sp³-hybridized carbons (Fsp3) is 0.947. The number of hydrogen-bond acceptors (Lipinski definition) is 4. The number of guanidine groups is 1. The van der Waals surface area contributed by atoms with Crippen molar-refractivity contribution in [3.63, 3.8) is 0 Å². The van der Waals surface area contributed by atoms with Gasteiger partial charge in [-0.3, -0.25) is 4.99 Å². The Labute approximate surface area is 158 Å². The zero-order chi connectivity index (χ0) is 18.6. The second kappa shape index (κ2) is 8.46. The molecule has 2 heterocycles. The SMILES string of the molecule is COCC1(C)CCN(C(=NCC2CCS(=O)(=O)C2)NC2CCCC2)CC1. The lowest BCUT2D eigenvalue weighted by molar-refractivity contribution is 0.0497. The van der Waals surface area contributed by atoms with Crippen molar-refractivity contribution in [2.24, 2.45) is 16.3 Å². The van der Waals surface area contributed by atoms with E-state index in [0.717, 1.165) is 44.9 Å². The van der Waals surface area contributed by atoms with Gasteiger partial charge in [-0.15, -0.1) is 0 Å². The number of sulfone groups is 1. The average molecular weight is 386 g/mol. The van der Waals surface area contributed by atoms with Gasteiger partial charge in [0, 0.05) is 32.8 Å². The van der Waals surface area contributed by atoms with Crippen LogP contribution in [0.1, 0.15) is 51.9 Å². The van der Waals surface area contributed by atoms with Crippen LogP contribution in [0.25, 0.3) is 0 Å². The van der Waals surface area contributed by atoms with E-state index < -0.39 is 9.84 Å². The minimum absolute atomic E-state index is 0.184. The van der Waals surface area contributed by atoms with Crippen molar-refractivity contribution in [1.82, 2.24) is 10.2 Å². The summed E-state index contributed by atoms with van der Waals surface area (Å²) in [5.41, 5.74) is 0.253. The summed E-state index contributed by atoms with van der Waals surface area (Å²) in [4.78, 5) is 7.26. The number of likely N-dealkylation sites (tertiary alicyclic amines) is 1. The van der Waals surface area contributed by atoms with Gasteiger partial charge in [0.15, 0.2) is 15.8 Å². The molecule has 1 unspecified atom stereocenters. The molecule has 3 aliphatic rings. The number of piperidine rings is 1. The normalized spacial score (nSPS) is 29.2. The predicted octanol–water partition coefficient (Wildman–Crippen LogP) is 2.06. The van der Waals surface area contributed by atoms with Gasteiger partial charge in [0.25, 0.3) is 0 Å². The number of nitrogens with one attached hydrogen (secondary N) is 1. The molecule has 0 aromatic heterocycles. The summed E-state index contributed by atoms with van der Waals surface area (Å²) in [5.74, 6) is 1.82. The van der Waals surface area contributed by atoms with Gasteiger partial charge >= 0.3 is 0 Å². The molecule has 3 fully saturated rings. The molecule has 2 saturated heterocycles. The summed E-state index contributed by atoms with van der Waals surface area (Å²) in [6, 6.07) is 0.522. The molecule has 0 aromatic carbocycles. The van der Waals surface area contributed by atoms with Gasteiger partial charge in [-0.25, -0.2) is 8.42 Å². The molecular formula is C19H35N3O3S. The molecule has 7 heteroatoms. The Hall–Kier alpha value is -0.820. The van der Waals surface area contributed by atoms with Crippen LogP contribution >= 0.6 is 0 Å².